The number of nitrogens with zero attached hydrogens (tertiary/aromatic N) is 5. The molecule has 25 heavy (non-hydrogen) atoms. The normalized spacial score (nSPS) is 18.0. The largest absolute Gasteiger partial charge is 0.478 e. The summed E-state index contributed by atoms with van der Waals surface area (Å²) in [5.41, 5.74) is 2.36. The lowest BCUT2D eigenvalue weighted by molar-refractivity contribution is 0.0699. The molecule has 4 heterocycles. The van der Waals surface area contributed by atoms with Crippen LogP contribution in [0.2, 0.25) is 0 Å². The number of anilines is 1. The molecular formula is C17H19N5O3. The van der Waals surface area contributed by atoms with Crippen LogP contribution in [0.25, 0.3) is 17.0 Å². The van der Waals surface area contributed by atoms with Gasteiger partial charge in [-0.3, -0.25) is 9.08 Å². The van der Waals surface area contributed by atoms with Gasteiger partial charge in [0.25, 0.3) is 0 Å². The number of ether oxygens (including phenoxy) is 1. The molecular weight excluding hydrogens is 322 g/mol. The molecule has 1 fully saturated rings. The minimum Gasteiger partial charge on any atom is -0.478 e. The Balaban J connectivity index is 1.96. The molecule has 3 aromatic rings. The van der Waals surface area contributed by atoms with Crippen LogP contribution in [0.5, 0.6) is 0 Å². The summed E-state index contributed by atoms with van der Waals surface area (Å²) in [5.74, 6) is -0.237. The fourth-order valence-corrected chi connectivity index (χ4v) is 3.27. The smallest absolute Gasteiger partial charge is 0.339 e. The summed E-state index contributed by atoms with van der Waals surface area (Å²) in [6, 6.07) is 5.64. The van der Waals surface area contributed by atoms with Crippen LogP contribution >= 0.6 is 0 Å². The highest BCUT2D eigenvalue weighted by Gasteiger charge is 2.24. The molecule has 1 unspecified atom stereocenters. The SMILES string of the molecule is CC1COCCN1c1cc(-c2ccnn2C)n2ccc(C(=O)O)c2n1. The van der Waals surface area contributed by atoms with Gasteiger partial charge in [-0.2, -0.15) is 5.10 Å². The Morgan fingerprint density at radius 3 is 2.88 bits per heavy atom. The van der Waals surface area contributed by atoms with Crippen molar-refractivity contribution in [1.29, 1.82) is 0 Å². The van der Waals surface area contributed by atoms with E-state index in [9.17, 15) is 9.90 Å². The van der Waals surface area contributed by atoms with Crippen LogP contribution in [0, 0.1) is 0 Å². The van der Waals surface area contributed by atoms with Crippen LogP contribution in [0.15, 0.2) is 30.6 Å². The van der Waals surface area contributed by atoms with Crippen LogP contribution in [0.3, 0.4) is 0 Å². The Morgan fingerprint density at radius 2 is 2.20 bits per heavy atom. The van der Waals surface area contributed by atoms with Gasteiger partial charge >= 0.3 is 5.97 Å². The average Bonchev–Trinajstić information content (AvgIpc) is 3.20. The Bertz CT molecular complexity index is 945. The first kappa shape index (κ1) is 15.6. The fraction of sp³-hybridized carbons (Fsp3) is 0.353. The first-order chi connectivity index (χ1) is 12.1. The maximum absolute atomic E-state index is 11.6. The topological polar surface area (TPSA) is 84.9 Å². The van der Waals surface area contributed by atoms with Crippen LogP contribution in [-0.4, -0.2) is 56.0 Å². The third-order valence-corrected chi connectivity index (χ3v) is 4.58. The van der Waals surface area contributed by atoms with Crippen LogP contribution in [0.1, 0.15) is 17.3 Å². The predicted octanol–water partition coefficient (Wildman–Crippen LogP) is 1.66. The fourth-order valence-electron chi connectivity index (χ4n) is 3.27. The number of carboxylic acid groups (broad SMARTS) is 1. The standard InChI is InChI=1S/C17H19N5O3/c1-11-10-25-8-7-21(11)15-9-14(13-3-5-18-20(13)2)22-6-4-12(17(23)24)16(22)19-15/h3-6,9,11H,7-8,10H2,1-2H3,(H,23,24). The summed E-state index contributed by atoms with van der Waals surface area (Å²) < 4.78 is 9.07. The van der Waals surface area contributed by atoms with E-state index in [2.05, 4.69) is 21.9 Å². The number of rotatable bonds is 3. The quantitative estimate of drug-likeness (QED) is 0.780. The summed E-state index contributed by atoms with van der Waals surface area (Å²) in [7, 11) is 1.86. The molecule has 0 amide bonds. The van der Waals surface area contributed by atoms with Crippen LogP contribution in [-0.2, 0) is 11.8 Å². The highest BCUT2D eigenvalue weighted by Crippen LogP contribution is 2.28. The number of aromatic nitrogens is 4. The number of aromatic carboxylic acids is 1. The van der Waals surface area contributed by atoms with Crippen molar-refractivity contribution in [3.05, 3.63) is 36.2 Å². The molecule has 4 rings (SSSR count). The van der Waals surface area contributed by atoms with Crippen molar-refractivity contribution in [2.75, 3.05) is 24.7 Å². The first-order valence-corrected chi connectivity index (χ1v) is 8.14. The molecule has 0 aliphatic carbocycles. The van der Waals surface area contributed by atoms with Crippen molar-refractivity contribution in [2.24, 2.45) is 7.05 Å². The van der Waals surface area contributed by atoms with E-state index >= 15 is 0 Å². The Kier molecular flexibility index (Phi) is 3.69. The van der Waals surface area contributed by atoms with Crippen molar-refractivity contribution in [2.45, 2.75) is 13.0 Å². The van der Waals surface area contributed by atoms with Crippen molar-refractivity contribution in [3.8, 4) is 11.4 Å². The summed E-state index contributed by atoms with van der Waals surface area (Å²) in [6.07, 6.45) is 3.46. The molecule has 0 bridgehead atoms. The molecule has 0 aromatic carbocycles. The zero-order chi connectivity index (χ0) is 17.6. The van der Waals surface area contributed by atoms with E-state index in [1.165, 1.54) is 0 Å². The van der Waals surface area contributed by atoms with Gasteiger partial charge in [0, 0.05) is 32.1 Å². The molecule has 8 nitrogen and oxygen atoms in total. The second-order valence-corrected chi connectivity index (χ2v) is 6.19. The molecule has 3 aromatic heterocycles. The van der Waals surface area contributed by atoms with E-state index < -0.39 is 5.97 Å². The summed E-state index contributed by atoms with van der Waals surface area (Å²) in [6.45, 7) is 4.05. The second kappa shape index (κ2) is 5.89. The molecule has 0 saturated carbocycles. The molecule has 0 radical (unpaired) electrons. The zero-order valence-corrected chi connectivity index (χ0v) is 14.1. The highest BCUT2D eigenvalue weighted by molar-refractivity contribution is 5.95. The number of carbonyl (C=O) groups is 1. The first-order valence-electron chi connectivity index (χ1n) is 8.14. The molecule has 1 saturated heterocycles. The minimum absolute atomic E-state index is 0.173. The van der Waals surface area contributed by atoms with E-state index in [1.54, 1.807) is 27.5 Å². The van der Waals surface area contributed by atoms with Gasteiger partial charge in [-0.15, -0.1) is 0 Å². The molecule has 1 aliphatic rings. The van der Waals surface area contributed by atoms with Gasteiger partial charge in [0.15, 0.2) is 5.65 Å². The highest BCUT2D eigenvalue weighted by atomic mass is 16.5. The van der Waals surface area contributed by atoms with Gasteiger partial charge in [0.2, 0.25) is 0 Å². The van der Waals surface area contributed by atoms with E-state index in [1.807, 2.05) is 19.2 Å². The monoisotopic (exact) mass is 341 g/mol. The molecule has 0 spiro atoms. The maximum Gasteiger partial charge on any atom is 0.339 e. The molecule has 1 aliphatic heterocycles. The number of aryl methyl sites for hydroxylation is 1. The van der Waals surface area contributed by atoms with E-state index in [-0.39, 0.29) is 11.6 Å². The third kappa shape index (κ3) is 2.54. The van der Waals surface area contributed by atoms with E-state index in [4.69, 9.17) is 4.74 Å². The summed E-state index contributed by atoms with van der Waals surface area (Å²) >= 11 is 0. The lowest BCUT2D eigenvalue weighted by Crippen LogP contribution is -2.44. The molecule has 1 N–H and O–H groups in total. The van der Waals surface area contributed by atoms with Crippen molar-refractivity contribution >= 4 is 17.4 Å². The predicted molar refractivity (Wildman–Crippen MR) is 92.0 cm³/mol. The van der Waals surface area contributed by atoms with Gasteiger partial charge in [-0.1, -0.05) is 0 Å². The van der Waals surface area contributed by atoms with E-state index in [0.717, 1.165) is 23.8 Å². The molecule has 8 heteroatoms. The Labute approximate surface area is 144 Å². The average molecular weight is 341 g/mol. The minimum atomic E-state index is -0.988. The Hall–Kier alpha value is -2.87. The second-order valence-electron chi connectivity index (χ2n) is 6.19. The zero-order valence-electron chi connectivity index (χ0n) is 14.1. The molecule has 130 valence electrons. The van der Waals surface area contributed by atoms with Crippen molar-refractivity contribution in [3.63, 3.8) is 0 Å². The molecule has 1 atom stereocenters. The summed E-state index contributed by atoms with van der Waals surface area (Å²) in [5, 5.41) is 13.7. The van der Waals surface area contributed by atoms with Gasteiger partial charge < -0.3 is 14.7 Å². The van der Waals surface area contributed by atoms with Crippen LogP contribution < -0.4 is 4.90 Å². The Morgan fingerprint density at radius 1 is 1.36 bits per heavy atom. The third-order valence-electron chi connectivity index (χ3n) is 4.58. The van der Waals surface area contributed by atoms with Gasteiger partial charge in [0.05, 0.1) is 30.6 Å². The van der Waals surface area contributed by atoms with Gasteiger partial charge in [0.1, 0.15) is 11.4 Å². The maximum atomic E-state index is 11.6. The van der Waals surface area contributed by atoms with E-state index in [0.29, 0.717) is 18.9 Å². The van der Waals surface area contributed by atoms with Gasteiger partial charge in [-0.05, 0) is 19.1 Å². The van der Waals surface area contributed by atoms with Crippen molar-refractivity contribution in [1.82, 2.24) is 19.2 Å². The number of morpholine rings is 1. The number of carboxylic acids is 1. The van der Waals surface area contributed by atoms with Crippen LogP contribution in [0.4, 0.5) is 5.82 Å². The van der Waals surface area contributed by atoms with Crippen molar-refractivity contribution < 1.29 is 14.6 Å². The summed E-state index contributed by atoms with van der Waals surface area (Å²) in [4.78, 5) is 18.4. The number of hydrogen-bond donors (Lipinski definition) is 1. The van der Waals surface area contributed by atoms with Gasteiger partial charge in [-0.25, -0.2) is 9.78 Å². The number of fused-ring (bicyclic) bond motifs is 1. The lowest BCUT2D eigenvalue weighted by atomic mass is 10.2. The lowest BCUT2D eigenvalue weighted by Gasteiger charge is -2.34. The number of hydrogen-bond acceptors (Lipinski definition) is 5.